The van der Waals surface area contributed by atoms with E-state index >= 15 is 0 Å². The summed E-state index contributed by atoms with van der Waals surface area (Å²) in [6, 6.07) is 69.2. The second-order valence-corrected chi connectivity index (χ2v) is 13.6. The molecule has 10 aromatic rings. The summed E-state index contributed by atoms with van der Waals surface area (Å²) in [5.74, 6) is 1.80. The first kappa shape index (κ1) is 32.2. The van der Waals surface area contributed by atoms with Crippen molar-refractivity contribution in [1.29, 1.82) is 0 Å². The SMILES string of the molecule is c1ccc(-c2ccc(-c3nc(-c4ccccc4)nc(-c4cc(-c5ccccc5)cc(-c5cccc6c5oc5ccccc56)c4-c4ccccc4)n3)cc2)cc1. The first-order chi connectivity index (χ1) is 27.3. The number of aromatic nitrogens is 3. The Balaban J connectivity index is 1.27. The summed E-state index contributed by atoms with van der Waals surface area (Å²) in [5, 5.41) is 2.17. The fourth-order valence-electron chi connectivity index (χ4n) is 7.49. The maximum atomic E-state index is 6.67. The number of fused-ring (bicyclic) bond motifs is 3. The van der Waals surface area contributed by atoms with Gasteiger partial charge in [0.05, 0.1) is 0 Å². The topological polar surface area (TPSA) is 51.8 Å². The molecule has 0 aliphatic rings. The van der Waals surface area contributed by atoms with Gasteiger partial charge in [0.15, 0.2) is 17.5 Å². The Morgan fingerprint density at radius 3 is 1.40 bits per heavy atom. The highest BCUT2D eigenvalue weighted by Gasteiger charge is 2.23. The van der Waals surface area contributed by atoms with Crippen molar-refractivity contribution in [2.24, 2.45) is 0 Å². The van der Waals surface area contributed by atoms with Crippen LogP contribution in [-0.2, 0) is 0 Å². The minimum absolute atomic E-state index is 0.589. The molecule has 0 bridgehead atoms. The van der Waals surface area contributed by atoms with E-state index in [2.05, 4.69) is 146 Å². The third kappa shape index (κ3) is 6.06. The Morgan fingerprint density at radius 1 is 0.291 bits per heavy atom. The third-order valence-corrected chi connectivity index (χ3v) is 10.2. The van der Waals surface area contributed by atoms with Gasteiger partial charge in [-0.3, -0.25) is 0 Å². The predicted molar refractivity (Wildman–Crippen MR) is 225 cm³/mol. The molecule has 0 aliphatic carbocycles. The van der Waals surface area contributed by atoms with Crippen molar-refractivity contribution in [3.05, 3.63) is 200 Å². The van der Waals surface area contributed by atoms with Crippen molar-refractivity contribution in [3.8, 4) is 78.7 Å². The number of hydrogen-bond acceptors (Lipinski definition) is 4. The van der Waals surface area contributed by atoms with Gasteiger partial charge >= 0.3 is 0 Å². The molecule has 0 spiro atoms. The van der Waals surface area contributed by atoms with Crippen LogP contribution in [0.5, 0.6) is 0 Å². The maximum Gasteiger partial charge on any atom is 0.164 e. The Hall–Kier alpha value is -7.43. The number of hydrogen-bond donors (Lipinski definition) is 0. The van der Waals surface area contributed by atoms with Crippen molar-refractivity contribution in [2.75, 3.05) is 0 Å². The largest absolute Gasteiger partial charge is 0.455 e. The number of rotatable bonds is 7. The van der Waals surface area contributed by atoms with E-state index in [-0.39, 0.29) is 0 Å². The molecule has 55 heavy (non-hydrogen) atoms. The summed E-state index contributed by atoms with van der Waals surface area (Å²) < 4.78 is 6.67. The summed E-state index contributed by atoms with van der Waals surface area (Å²) in [7, 11) is 0. The number of nitrogens with zero attached hydrogens (tertiary/aromatic N) is 3. The van der Waals surface area contributed by atoms with Gasteiger partial charge in [-0.15, -0.1) is 0 Å². The molecule has 0 atom stereocenters. The van der Waals surface area contributed by atoms with Crippen LogP contribution in [0.4, 0.5) is 0 Å². The summed E-state index contributed by atoms with van der Waals surface area (Å²) in [6.07, 6.45) is 0. The first-order valence-corrected chi connectivity index (χ1v) is 18.4. The van der Waals surface area contributed by atoms with E-state index in [1.165, 1.54) is 0 Å². The number of furan rings is 1. The van der Waals surface area contributed by atoms with Gasteiger partial charge in [-0.2, -0.15) is 0 Å². The van der Waals surface area contributed by atoms with Crippen LogP contribution >= 0.6 is 0 Å². The molecule has 0 unspecified atom stereocenters. The molecule has 2 aromatic heterocycles. The minimum atomic E-state index is 0.589. The average Bonchev–Trinajstić information content (AvgIpc) is 3.66. The molecule has 0 fully saturated rings. The van der Waals surface area contributed by atoms with Gasteiger partial charge in [0.1, 0.15) is 11.2 Å². The zero-order chi connectivity index (χ0) is 36.6. The highest BCUT2D eigenvalue weighted by molar-refractivity contribution is 6.11. The van der Waals surface area contributed by atoms with Crippen LogP contribution in [0.2, 0.25) is 0 Å². The lowest BCUT2D eigenvalue weighted by molar-refractivity contribution is 0.670. The number of benzene rings is 8. The fraction of sp³-hybridized carbons (Fsp3) is 0. The number of para-hydroxylation sites is 2. The molecule has 10 rings (SSSR count). The zero-order valence-corrected chi connectivity index (χ0v) is 29.8. The Kier molecular flexibility index (Phi) is 8.12. The third-order valence-electron chi connectivity index (χ3n) is 10.2. The van der Waals surface area contributed by atoms with Crippen molar-refractivity contribution in [3.63, 3.8) is 0 Å². The molecule has 2 heterocycles. The van der Waals surface area contributed by atoms with Crippen LogP contribution < -0.4 is 0 Å². The van der Waals surface area contributed by atoms with Gasteiger partial charge < -0.3 is 4.42 Å². The highest BCUT2D eigenvalue weighted by Crippen LogP contribution is 2.46. The average molecular weight is 704 g/mol. The van der Waals surface area contributed by atoms with E-state index < -0.39 is 0 Å². The van der Waals surface area contributed by atoms with Crippen LogP contribution in [0.1, 0.15) is 0 Å². The quantitative estimate of drug-likeness (QED) is 0.166. The second kappa shape index (κ2) is 13.8. The molecule has 4 heteroatoms. The van der Waals surface area contributed by atoms with E-state index in [0.29, 0.717) is 17.5 Å². The zero-order valence-electron chi connectivity index (χ0n) is 29.8. The Morgan fingerprint density at radius 2 is 0.745 bits per heavy atom. The first-order valence-electron chi connectivity index (χ1n) is 18.4. The van der Waals surface area contributed by atoms with E-state index in [4.69, 9.17) is 19.4 Å². The van der Waals surface area contributed by atoms with Gasteiger partial charge in [0.2, 0.25) is 0 Å². The normalized spacial score (nSPS) is 11.3. The smallest absolute Gasteiger partial charge is 0.164 e. The molecule has 8 aromatic carbocycles. The van der Waals surface area contributed by atoms with E-state index in [0.717, 1.165) is 83.1 Å². The Bertz CT molecular complexity index is 2940. The standard InChI is InChI=1S/C51H33N3O/c1-5-16-34(17-6-1)36-28-30-39(31-29-36)50-52-49(38-22-11-4-12-23-38)53-51(54-50)45-33-40(35-18-7-2-8-19-35)32-44(47(45)37-20-9-3-10-21-37)43-26-15-25-42-41-24-13-14-27-46(41)55-48(42)43/h1-33H. The molecule has 0 radical (unpaired) electrons. The van der Waals surface area contributed by atoms with Crippen molar-refractivity contribution in [2.45, 2.75) is 0 Å². The molecular weight excluding hydrogens is 671 g/mol. The molecule has 4 nitrogen and oxygen atoms in total. The van der Waals surface area contributed by atoms with Crippen LogP contribution in [0, 0.1) is 0 Å². The summed E-state index contributed by atoms with van der Waals surface area (Å²) in [4.78, 5) is 15.7. The fourth-order valence-corrected chi connectivity index (χ4v) is 7.49. The summed E-state index contributed by atoms with van der Waals surface area (Å²) in [6.45, 7) is 0. The lowest BCUT2D eigenvalue weighted by Gasteiger charge is -2.19. The lowest BCUT2D eigenvalue weighted by atomic mass is 9.86. The highest BCUT2D eigenvalue weighted by atomic mass is 16.3. The van der Waals surface area contributed by atoms with Crippen molar-refractivity contribution >= 4 is 21.9 Å². The van der Waals surface area contributed by atoms with Gasteiger partial charge in [-0.05, 0) is 51.6 Å². The summed E-state index contributed by atoms with van der Waals surface area (Å²) >= 11 is 0. The van der Waals surface area contributed by atoms with Crippen molar-refractivity contribution in [1.82, 2.24) is 15.0 Å². The van der Waals surface area contributed by atoms with E-state index in [1.54, 1.807) is 0 Å². The van der Waals surface area contributed by atoms with Crippen LogP contribution in [0.15, 0.2) is 205 Å². The maximum absolute atomic E-state index is 6.67. The van der Waals surface area contributed by atoms with Crippen molar-refractivity contribution < 1.29 is 4.42 Å². The van der Waals surface area contributed by atoms with Crippen LogP contribution in [-0.4, -0.2) is 15.0 Å². The van der Waals surface area contributed by atoms with Gasteiger partial charge in [0, 0.05) is 38.6 Å². The lowest BCUT2D eigenvalue weighted by Crippen LogP contribution is -2.02. The summed E-state index contributed by atoms with van der Waals surface area (Å²) in [5.41, 5.74) is 13.0. The molecule has 0 amide bonds. The molecule has 0 saturated heterocycles. The van der Waals surface area contributed by atoms with Crippen LogP contribution in [0.25, 0.3) is 101 Å². The van der Waals surface area contributed by atoms with Crippen LogP contribution in [0.3, 0.4) is 0 Å². The van der Waals surface area contributed by atoms with Gasteiger partial charge in [0.25, 0.3) is 0 Å². The van der Waals surface area contributed by atoms with Gasteiger partial charge in [-0.1, -0.05) is 182 Å². The molecular formula is C51H33N3O. The minimum Gasteiger partial charge on any atom is -0.455 e. The molecule has 258 valence electrons. The molecule has 0 saturated carbocycles. The predicted octanol–water partition coefficient (Wildman–Crippen LogP) is 13.4. The van der Waals surface area contributed by atoms with E-state index in [9.17, 15) is 0 Å². The second-order valence-electron chi connectivity index (χ2n) is 13.6. The van der Waals surface area contributed by atoms with Gasteiger partial charge in [-0.25, -0.2) is 15.0 Å². The monoisotopic (exact) mass is 703 g/mol. The molecule has 0 N–H and O–H groups in total. The Labute approximate surface area is 319 Å². The van der Waals surface area contributed by atoms with E-state index in [1.807, 2.05) is 54.6 Å². The molecule has 0 aliphatic heterocycles.